The van der Waals surface area contributed by atoms with Crippen molar-refractivity contribution in [3.63, 3.8) is 0 Å². The highest BCUT2D eigenvalue weighted by atomic mass is 32.2. The minimum Gasteiger partial charge on any atom is -0.497 e. The van der Waals surface area contributed by atoms with Crippen LogP contribution >= 0.6 is 0 Å². The van der Waals surface area contributed by atoms with Crippen LogP contribution < -0.4 is 4.74 Å². The summed E-state index contributed by atoms with van der Waals surface area (Å²) in [6, 6.07) is 28.0. The van der Waals surface area contributed by atoms with Gasteiger partial charge in [-0.15, -0.1) is 0 Å². The van der Waals surface area contributed by atoms with E-state index < -0.39 is 34.2 Å². The summed E-state index contributed by atoms with van der Waals surface area (Å²) in [4.78, 5) is 40.6. The van der Waals surface area contributed by atoms with Gasteiger partial charge in [0.1, 0.15) is 11.4 Å². The average molecular weight is 637 g/mol. The molecule has 0 bridgehead atoms. The SMILES string of the molecule is COC(=O)Cc1c(C(=O)c2c(C(=O)O)n(Cc3ccc(OC)cc3)c3ccccc23)c2ccccc2n1S(=O)(=O)c1ccccc1. The molecule has 4 aromatic carbocycles. The molecule has 0 unspecified atom stereocenters. The predicted molar refractivity (Wildman–Crippen MR) is 171 cm³/mol. The third-order valence-electron chi connectivity index (χ3n) is 7.87. The molecule has 1 N–H and O–H groups in total. The third-order valence-corrected chi connectivity index (χ3v) is 9.64. The Morgan fingerprint density at radius 1 is 0.739 bits per heavy atom. The van der Waals surface area contributed by atoms with E-state index in [1.54, 1.807) is 103 Å². The summed E-state index contributed by atoms with van der Waals surface area (Å²) in [6.07, 6.45) is -0.564. The molecule has 0 saturated heterocycles. The summed E-state index contributed by atoms with van der Waals surface area (Å²) in [6.45, 7) is 0.124. The molecule has 0 fully saturated rings. The van der Waals surface area contributed by atoms with E-state index in [2.05, 4.69) is 0 Å². The van der Waals surface area contributed by atoms with Gasteiger partial charge in [0.15, 0.2) is 5.78 Å². The number of methoxy groups -OCH3 is 2. The van der Waals surface area contributed by atoms with Crippen LogP contribution in [0.5, 0.6) is 5.75 Å². The molecular weight excluding hydrogens is 608 g/mol. The van der Waals surface area contributed by atoms with Crippen LogP contribution in [-0.4, -0.2) is 54.0 Å². The minimum absolute atomic E-state index is 0.0526. The fourth-order valence-electron chi connectivity index (χ4n) is 5.82. The first-order valence-electron chi connectivity index (χ1n) is 14.2. The summed E-state index contributed by atoms with van der Waals surface area (Å²) < 4.78 is 41.0. The number of ether oxygens (including phenoxy) is 2. The van der Waals surface area contributed by atoms with Crippen molar-refractivity contribution in [2.75, 3.05) is 14.2 Å². The predicted octanol–water partition coefficient (Wildman–Crippen LogP) is 5.53. The van der Waals surface area contributed by atoms with Crippen LogP contribution in [0.25, 0.3) is 21.8 Å². The first-order valence-corrected chi connectivity index (χ1v) is 15.6. The number of ketones is 1. The number of benzene rings is 4. The lowest BCUT2D eigenvalue weighted by Crippen LogP contribution is -2.21. The van der Waals surface area contributed by atoms with Gasteiger partial charge in [0.2, 0.25) is 0 Å². The van der Waals surface area contributed by atoms with Crippen molar-refractivity contribution < 1.29 is 37.4 Å². The number of hydrogen-bond acceptors (Lipinski definition) is 7. The second kappa shape index (κ2) is 12.0. The largest absolute Gasteiger partial charge is 0.497 e. The van der Waals surface area contributed by atoms with Gasteiger partial charge in [0.25, 0.3) is 10.0 Å². The van der Waals surface area contributed by atoms with E-state index in [-0.39, 0.29) is 44.9 Å². The molecule has 0 aliphatic carbocycles. The van der Waals surface area contributed by atoms with E-state index >= 15 is 0 Å². The number of para-hydroxylation sites is 2. The Bertz CT molecular complexity index is 2250. The monoisotopic (exact) mass is 636 g/mol. The highest BCUT2D eigenvalue weighted by Gasteiger charge is 2.35. The van der Waals surface area contributed by atoms with Crippen molar-refractivity contribution in [1.29, 1.82) is 0 Å². The van der Waals surface area contributed by atoms with Gasteiger partial charge < -0.3 is 19.1 Å². The van der Waals surface area contributed by atoms with Gasteiger partial charge in [-0.2, -0.15) is 0 Å². The Morgan fingerprint density at radius 2 is 1.33 bits per heavy atom. The molecule has 0 atom stereocenters. The Labute approximate surface area is 264 Å². The quantitative estimate of drug-likeness (QED) is 0.153. The van der Waals surface area contributed by atoms with E-state index in [1.165, 1.54) is 12.1 Å². The molecule has 11 heteroatoms. The van der Waals surface area contributed by atoms with Crippen molar-refractivity contribution in [3.05, 3.63) is 131 Å². The van der Waals surface area contributed by atoms with Crippen LogP contribution in [0.2, 0.25) is 0 Å². The second-order valence-corrected chi connectivity index (χ2v) is 12.3. The Balaban J connectivity index is 1.65. The van der Waals surface area contributed by atoms with Crippen LogP contribution in [0.1, 0.15) is 37.7 Å². The summed E-state index contributed by atoms with van der Waals surface area (Å²) in [5, 5.41) is 11.2. The number of carboxylic acid groups (broad SMARTS) is 1. The van der Waals surface area contributed by atoms with Crippen molar-refractivity contribution in [1.82, 2.24) is 8.54 Å². The molecular formula is C35H28N2O8S. The summed E-state index contributed by atoms with van der Waals surface area (Å²) in [7, 11) is -1.62. The third kappa shape index (κ3) is 5.10. The highest BCUT2D eigenvalue weighted by Crippen LogP contribution is 2.36. The minimum atomic E-state index is -4.33. The summed E-state index contributed by atoms with van der Waals surface area (Å²) in [5.41, 5.74) is 0.791. The topological polar surface area (TPSA) is 134 Å². The number of carbonyl (C=O) groups is 3. The molecule has 0 radical (unpaired) electrons. The molecule has 0 amide bonds. The van der Waals surface area contributed by atoms with Crippen molar-refractivity contribution in [2.24, 2.45) is 0 Å². The van der Waals surface area contributed by atoms with Gasteiger partial charge in [-0.1, -0.05) is 66.7 Å². The molecule has 0 saturated carbocycles. The number of aromatic carboxylic acids is 1. The maximum absolute atomic E-state index is 14.9. The Morgan fingerprint density at radius 3 is 1.93 bits per heavy atom. The van der Waals surface area contributed by atoms with Crippen LogP contribution in [0.4, 0.5) is 0 Å². The molecule has 2 aromatic heterocycles. The summed E-state index contributed by atoms with van der Waals surface area (Å²) >= 11 is 0. The van der Waals surface area contributed by atoms with Gasteiger partial charge in [-0.25, -0.2) is 17.2 Å². The standard InChI is InChI=1S/C35H28N2O8S/c1-44-23-18-16-22(17-19-23)21-36-27-14-8-6-12-25(27)32(33(36)35(40)41)34(39)31-26-13-7-9-15-28(26)37(29(31)20-30(38)45-2)46(42,43)24-10-4-3-5-11-24/h3-19H,20-21H2,1-2H3,(H,40,41). The number of rotatable bonds is 10. The molecule has 0 aliphatic heterocycles. The Hall–Kier alpha value is -5.68. The van der Waals surface area contributed by atoms with Gasteiger partial charge >= 0.3 is 11.9 Å². The average Bonchev–Trinajstić information content (AvgIpc) is 3.58. The second-order valence-electron chi connectivity index (χ2n) is 10.5. The number of carboxylic acids is 1. The number of aromatic nitrogens is 2. The first kappa shape index (κ1) is 30.4. The maximum Gasteiger partial charge on any atom is 0.353 e. The zero-order chi connectivity index (χ0) is 32.6. The van der Waals surface area contributed by atoms with E-state index in [9.17, 15) is 27.9 Å². The van der Waals surface area contributed by atoms with E-state index in [0.29, 0.717) is 16.7 Å². The van der Waals surface area contributed by atoms with Gasteiger partial charge in [0.05, 0.1) is 47.9 Å². The van der Waals surface area contributed by atoms with E-state index in [0.717, 1.165) is 16.6 Å². The molecule has 0 aliphatic rings. The number of hydrogen-bond donors (Lipinski definition) is 1. The molecule has 0 spiro atoms. The maximum atomic E-state index is 14.9. The van der Waals surface area contributed by atoms with Crippen LogP contribution in [-0.2, 0) is 32.5 Å². The van der Waals surface area contributed by atoms with E-state index in [1.807, 2.05) is 0 Å². The highest BCUT2D eigenvalue weighted by molar-refractivity contribution is 7.90. The lowest BCUT2D eigenvalue weighted by atomic mass is 9.96. The van der Waals surface area contributed by atoms with Crippen LogP contribution in [0, 0.1) is 0 Å². The normalized spacial score (nSPS) is 11.5. The Kier molecular flexibility index (Phi) is 7.93. The van der Waals surface area contributed by atoms with Crippen molar-refractivity contribution in [3.8, 4) is 5.75 Å². The number of carbonyl (C=O) groups excluding carboxylic acids is 2. The van der Waals surface area contributed by atoms with E-state index in [4.69, 9.17) is 9.47 Å². The fourth-order valence-corrected chi connectivity index (χ4v) is 7.39. The van der Waals surface area contributed by atoms with Gasteiger partial charge in [-0.3, -0.25) is 9.59 Å². The molecule has 6 rings (SSSR count). The van der Waals surface area contributed by atoms with Crippen molar-refractivity contribution in [2.45, 2.75) is 17.9 Å². The summed E-state index contributed by atoms with van der Waals surface area (Å²) in [5.74, 6) is -2.22. The molecule has 10 nitrogen and oxygen atoms in total. The van der Waals surface area contributed by atoms with Gasteiger partial charge in [-0.05, 0) is 42.0 Å². The number of nitrogens with zero attached hydrogens (tertiary/aromatic N) is 2. The number of esters is 1. The first-order chi connectivity index (χ1) is 22.2. The smallest absolute Gasteiger partial charge is 0.353 e. The molecule has 232 valence electrons. The molecule has 6 aromatic rings. The lowest BCUT2D eigenvalue weighted by molar-refractivity contribution is -0.139. The van der Waals surface area contributed by atoms with Crippen LogP contribution in [0.15, 0.2) is 108 Å². The zero-order valence-electron chi connectivity index (χ0n) is 24.8. The molecule has 2 heterocycles. The zero-order valence-corrected chi connectivity index (χ0v) is 25.7. The number of fused-ring (bicyclic) bond motifs is 2. The van der Waals surface area contributed by atoms with Gasteiger partial charge in [0, 0.05) is 22.8 Å². The lowest BCUT2D eigenvalue weighted by Gasteiger charge is -2.13. The fraction of sp³-hybridized carbons (Fsp3) is 0.114. The van der Waals surface area contributed by atoms with Crippen molar-refractivity contribution >= 4 is 49.6 Å². The van der Waals surface area contributed by atoms with Crippen LogP contribution in [0.3, 0.4) is 0 Å². The molecule has 46 heavy (non-hydrogen) atoms.